The predicted molar refractivity (Wildman–Crippen MR) is 76.1 cm³/mol. The van der Waals surface area contributed by atoms with Gasteiger partial charge in [-0.1, -0.05) is 15.9 Å². The Hall–Kier alpha value is -0.450. The van der Waals surface area contributed by atoms with Crippen LogP contribution in [0.4, 0.5) is 4.39 Å². The standard InChI is InChI=1S/C14H20BrFN2/c1-17-5-3-4-14(10-17)18(2)9-11-6-12(15)8-13(16)7-11/h6-8,14H,3-5,9-10H2,1-2H3. The maximum absolute atomic E-state index is 13.3. The number of piperidine rings is 1. The summed E-state index contributed by atoms with van der Waals surface area (Å²) in [5.41, 5.74) is 1.03. The second-order valence-electron chi connectivity index (χ2n) is 5.25. The van der Waals surface area contributed by atoms with E-state index >= 15 is 0 Å². The second-order valence-corrected chi connectivity index (χ2v) is 6.17. The van der Waals surface area contributed by atoms with Gasteiger partial charge >= 0.3 is 0 Å². The van der Waals surface area contributed by atoms with Crippen LogP contribution in [-0.2, 0) is 6.54 Å². The Kier molecular flexibility index (Phi) is 4.76. The van der Waals surface area contributed by atoms with Gasteiger partial charge in [-0.3, -0.25) is 4.90 Å². The van der Waals surface area contributed by atoms with Gasteiger partial charge in [-0.2, -0.15) is 0 Å². The number of hydrogen-bond acceptors (Lipinski definition) is 2. The fourth-order valence-corrected chi connectivity index (χ4v) is 3.13. The van der Waals surface area contributed by atoms with E-state index in [0.29, 0.717) is 6.04 Å². The Balaban J connectivity index is 1.99. The molecule has 1 saturated heterocycles. The number of rotatable bonds is 3. The van der Waals surface area contributed by atoms with Gasteiger partial charge in [0.05, 0.1) is 0 Å². The average Bonchev–Trinajstić information content (AvgIpc) is 2.27. The fourth-order valence-electron chi connectivity index (χ4n) is 2.62. The zero-order valence-electron chi connectivity index (χ0n) is 11.0. The summed E-state index contributed by atoms with van der Waals surface area (Å²) in [6, 6.07) is 5.68. The molecule has 0 amide bonds. The van der Waals surface area contributed by atoms with Crippen LogP contribution >= 0.6 is 15.9 Å². The van der Waals surface area contributed by atoms with E-state index in [1.807, 2.05) is 6.07 Å². The number of nitrogens with zero attached hydrogens (tertiary/aromatic N) is 2. The highest BCUT2D eigenvalue weighted by atomic mass is 79.9. The fraction of sp³-hybridized carbons (Fsp3) is 0.571. The van der Waals surface area contributed by atoms with Crippen molar-refractivity contribution >= 4 is 15.9 Å². The number of halogens is 2. The van der Waals surface area contributed by atoms with Crippen molar-refractivity contribution in [2.45, 2.75) is 25.4 Å². The van der Waals surface area contributed by atoms with Crippen molar-refractivity contribution in [2.24, 2.45) is 0 Å². The minimum Gasteiger partial charge on any atom is -0.305 e. The molecule has 1 aliphatic rings. The van der Waals surface area contributed by atoms with Crippen molar-refractivity contribution in [1.29, 1.82) is 0 Å². The zero-order valence-corrected chi connectivity index (χ0v) is 12.6. The van der Waals surface area contributed by atoms with Gasteiger partial charge in [0, 0.05) is 23.6 Å². The quantitative estimate of drug-likeness (QED) is 0.846. The second kappa shape index (κ2) is 6.13. The summed E-state index contributed by atoms with van der Waals surface area (Å²) in [6.45, 7) is 3.09. The molecular weight excluding hydrogens is 295 g/mol. The van der Waals surface area contributed by atoms with E-state index in [1.54, 1.807) is 6.07 Å². The Morgan fingerprint density at radius 1 is 1.44 bits per heavy atom. The third-order valence-electron chi connectivity index (χ3n) is 3.58. The zero-order chi connectivity index (χ0) is 13.1. The molecule has 1 atom stereocenters. The Bertz CT molecular complexity index is 391. The van der Waals surface area contributed by atoms with Crippen LogP contribution in [0.5, 0.6) is 0 Å². The first-order valence-corrected chi connectivity index (χ1v) is 7.17. The number of likely N-dealkylation sites (tertiary alicyclic amines) is 1. The molecule has 0 bridgehead atoms. The minimum atomic E-state index is -0.173. The third-order valence-corrected chi connectivity index (χ3v) is 4.04. The minimum absolute atomic E-state index is 0.173. The number of likely N-dealkylation sites (N-methyl/N-ethyl adjacent to an activating group) is 2. The van der Waals surface area contributed by atoms with Gasteiger partial charge in [0.15, 0.2) is 0 Å². The molecule has 2 nitrogen and oxygen atoms in total. The summed E-state index contributed by atoms with van der Waals surface area (Å²) >= 11 is 3.34. The molecule has 0 aliphatic carbocycles. The van der Waals surface area contributed by atoms with Gasteiger partial charge in [-0.05, 0) is 57.2 Å². The Morgan fingerprint density at radius 2 is 2.22 bits per heavy atom. The lowest BCUT2D eigenvalue weighted by molar-refractivity contribution is 0.129. The predicted octanol–water partition coefficient (Wildman–Crippen LogP) is 3.11. The van der Waals surface area contributed by atoms with Crippen molar-refractivity contribution in [3.05, 3.63) is 34.1 Å². The molecule has 1 aliphatic heterocycles. The van der Waals surface area contributed by atoms with Gasteiger partial charge in [-0.25, -0.2) is 4.39 Å². The van der Waals surface area contributed by atoms with E-state index in [0.717, 1.165) is 23.1 Å². The van der Waals surface area contributed by atoms with E-state index in [9.17, 15) is 4.39 Å². The molecule has 0 aromatic heterocycles. The van der Waals surface area contributed by atoms with Crippen LogP contribution in [0.3, 0.4) is 0 Å². The molecule has 1 heterocycles. The van der Waals surface area contributed by atoms with E-state index in [4.69, 9.17) is 0 Å². The first kappa shape index (κ1) is 14.0. The molecule has 0 N–H and O–H groups in total. The summed E-state index contributed by atoms with van der Waals surface area (Å²) in [6.07, 6.45) is 2.48. The van der Waals surface area contributed by atoms with Gasteiger partial charge in [0.25, 0.3) is 0 Å². The molecule has 4 heteroatoms. The molecule has 0 radical (unpaired) electrons. The molecule has 1 aromatic carbocycles. The molecule has 2 rings (SSSR count). The number of benzene rings is 1. The topological polar surface area (TPSA) is 6.48 Å². The van der Waals surface area contributed by atoms with Crippen molar-refractivity contribution in [2.75, 3.05) is 27.2 Å². The highest BCUT2D eigenvalue weighted by Gasteiger charge is 2.21. The van der Waals surface area contributed by atoms with Crippen LogP contribution in [0.1, 0.15) is 18.4 Å². The van der Waals surface area contributed by atoms with Crippen molar-refractivity contribution < 1.29 is 4.39 Å². The lowest BCUT2D eigenvalue weighted by Crippen LogP contribution is -2.44. The summed E-state index contributed by atoms with van der Waals surface area (Å²) < 4.78 is 14.1. The van der Waals surface area contributed by atoms with Crippen LogP contribution in [0.25, 0.3) is 0 Å². The molecule has 0 saturated carbocycles. The van der Waals surface area contributed by atoms with Gasteiger partial charge < -0.3 is 4.90 Å². The molecule has 0 spiro atoms. The lowest BCUT2D eigenvalue weighted by Gasteiger charge is -2.35. The summed E-state index contributed by atoms with van der Waals surface area (Å²) in [5.74, 6) is -0.173. The average molecular weight is 315 g/mol. The summed E-state index contributed by atoms with van der Waals surface area (Å²) in [4.78, 5) is 4.70. The summed E-state index contributed by atoms with van der Waals surface area (Å²) in [5, 5.41) is 0. The van der Waals surface area contributed by atoms with Crippen LogP contribution in [-0.4, -0.2) is 43.0 Å². The van der Waals surface area contributed by atoms with Crippen LogP contribution in [0.15, 0.2) is 22.7 Å². The van der Waals surface area contributed by atoms with Crippen molar-refractivity contribution in [3.63, 3.8) is 0 Å². The molecule has 1 unspecified atom stereocenters. The third kappa shape index (κ3) is 3.77. The smallest absolute Gasteiger partial charge is 0.124 e. The molecule has 1 fully saturated rings. The monoisotopic (exact) mass is 314 g/mol. The maximum atomic E-state index is 13.3. The van der Waals surface area contributed by atoms with E-state index < -0.39 is 0 Å². The van der Waals surface area contributed by atoms with E-state index in [1.165, 1.54) is 25.5 Å². The lowest BCUT2D eigenvalue weighted by atomic mass is 10.0. The van der Waals surface area contributed by atoms with Gasteiger partial charge in [0.1, 0.15) is 5.82 Å². The maximum Gasteiger partial charge on any atom is 0.124 e. The Morgan fingerprint density at radius 3 is 2.89 bits per heavy atom. The van der Waals surface area contributed by atoms with Gasteiger partial charge in [-0.15, -0.1) is 0 Å². The SMILES string of the molecule is CN1CCCC(N(C)Cc2cc(F)cc(Br)c2)C1. The van der Waals surface area contributed by atoms with Crippen molar-refractivity contribution in [3.8, 4) is 0 Å². The molecular formula is C14H20BrFN2. The molecule has 100 valence electrons. The number of hydrogen-bond donors (Lipinski definition) is 0. The first-order chi connectivity index (χ1) is 8.54. The highest BCUT2D eigenvalue weighted by molar-refractivity contribution is 9.10. The highest BCUT2D eigenvalue weighted by Crippen LogP contribution is 2.19. The van der Waals surface area contributed by atoms with Gasteiger partial charge in [0.2, 0.25) is 0 Å². The van der Waals surface area contributed by atoms with Crippen LogP contribution in [0, 0.1) is 5.82 Å². The normalized spacial score (nSPS) is 21.5. The van der Waals surface area contributed by atoms with E-state index in [-0.39, 0.29) is 5.82 Å². The summed E-state index contributed by atoms with van der Waals surface area (Å²) in [7, 11) is 4.29. The van der Waals surface area contributed by atoms with Crippen LogP contribution in [0.2, 0.25) is 0 Å². The van der Waals surface area contributed by atoms with Crippen molar-refractivity contribution in [1.82, 2.24) is 9.80 Å². The first-order valence-electron chi connectivity index (χ1n) is 6.38. The van der Waals surface area contributed by atoms with Crippen LogP contribution < -0.4 is 0 Å². The molecule has 1 aromatic rings. The largest absolute Gasteiger partial charge is 0.305 e. The Labute approximate surface area is 117 Å². The molecule has 18 heavy (non-hydrogen) atoms. The van der Waals surface area contributed by atoms with E-state index in [2.05, 4.69) is 39.8 Å².